The van der Waals surface area contributed by atoms with Crippen molar-refractivity contribution in [1.82, 2.24) is 44.7 Å². The van der Waals surface area contributed by atoms with E-state index >= 15 is 0 Å². The van der Waals surface area contributed by atoms with Gasteiger partial charge in [-0.05, 0) is 73.9 Å². The molecule has 16 nitrogen and oxygen atoms in total. The number of hydrogen-bond acceptors (Lipinski definition) is 13. The second-order valence-electron chi connectivity index (χ2n) is 16.0. The molecule has 0 spiro atoms. The summed E-state index contributed by atoms with van der Waals surface area (Å²) in [7, 11) is 1.64. The van der Waals surface area contributed by atoms with Crippen molar-refractivity contribution in [3.63, 3.8) is 0 Å². The Bertz CT molecular complexity index is 2370. The zero-order valence-corrected chi connectivity index (χ0v) is 32.1. The predicted octanol–water partition coefficient (Wildman–Crippen LogP) is 2.89. The van der Waals surface area contributed by atoms with Crippen LogP contribution >= 0.6 is 0 Å². The smallest absolute Gasteiger partial charge is 0.257 e. The number of nitrogens with zero attached hydrogens (tertiary/aromatic N) is 8. The Kier molecular flexibility index (Phi) is 8.97. The summed E-state index contributed by atoms with van der Waals surface area (Å²) in [6.45, 7) is 5.76. The third-order valence-corrected chi connectivity index (χ3v) is 12.7. The normalized spacial score (nSPS) is 23.7. The van der Waals surface area contributed by atoms with Crippen molar-refractivity contribution in [3.05, 3.63) is 78.3 Å². The molecule has 16 heteroatoms. The van der Waals surface area contributed by atoms with Crippen molar-refractivity contribution in [2.75, 3.05) is 52.1 Å². The number of allylic oxidation sites excluding steroid dienone is 3. The molecule has 5 fully saturated rings. The number of benzene rings is 2. The molecule has 5 saturated heterocycles. The minimum absolute atomic E-state index is 0.113. The first-order valence-corrected chi connectivity index (χ1v) is 20.0. The molecule has 58 heavy (non-hydrogen) atoms. The molecule has 4 aromatic rings. The number of aromatic nitrogens is 4. The van der Waals surface area contributed by atoms with Gasteiger partial charge in [-0.3, -0.25) is 39.2 Å². The second kappa shape index (κ2) is 14.4. The molecule has 2 unspecified atom stereocenters. The lowest BCUT2D eigenvalue weighted by Crippen LogP contribution is -2.69. The first-order valence-electron chi connectivity index (χ1n) is 20.0. The minimum atomic E-state index is -0.930. The van der Waals surface area contributed by atoms with E-state index in [4.69, 9.17) is 20.3 Å². The average Bonchev–Trinajstić information content (AvgIpc) is 3.71. The number of carbonyl (C=O) groups is 4. The van der Waals surface area contributed by atoms with E-state index in [1.54, 1.807) is 13.2 Å². The third-order valence-electron chi connectivity index (χ3n) is 12.7. The molecule has 7 heterocycles. The van der Waals surface area contributed by atoms with Gasteiger partial charge in [-0.2, -0.15) is 5.10 Å². The molecule has 10 rings (SSSR count). The maximum absolute atomic E-state index is 13.4. The lowest BCUT2D eigenvalue weighted by molar-refractivity contribution is -0.150. The van der Waals surface area contributed by atoms with Gasteiger partial charge in [0.1, 0.15) is 41.1 Å². The second-order valence-corrected chi connectivity index (χ2v) is 16.0. The molecule has 3 N–H and O–H groups in total. The van der Waals surface area contributed by atoms with Gasteiger partial charge >= 0.3 is 0 Å². The van der Waals surface area contributed by atoms with Crippen LogP contribution in [-0.2, 0) is 19.2 Å². The quantitative estimate of drug-likeness (QED) is 0.237. The average molecular weight is 785 g/mol. The number of ether oxygens (including phenoxy) is 2. The fourth-order valence-corrected chi connectivity index (χ4v) is 9.34. The van der Waals surface area contributed by atoms with Crippen molar-refractivity contribution < 1.29 is 28.7 Å². The van der Waals surface area contributed by atoms with Crippen LogP contribution in [0.5, 0.6) is 17.2 Å². The molecule has 0 radical (unpaired) electrons. The van der Waals surface area contributed by atoms with Crippen LogP contribution in [0.25, 0.3) is 22.3 Å². The molecular weight excluding hydrogens is 741 g/mol. The molecule has 298 valence electrons. The molecule has 6 aliphatic rings. The van der Waals surface area contributed by atoms with Crippen molar-refractivity contribution >= 4 is 40.5 Å². The van der Waals surface area contributed by atoms with Crippen LogP contribution in [0.1, 0.15) is 38.1 Å². The van der Waals surface area contributed by atoms with E-state index in [0.717, 1.165) is 90.7 Å². The van der Waals surface area contributed by atoms with E-state index < -0.39 is 23.8 Å². The Morgan fingerprint density at radius 2 is 1.48 bits per heavy atom. The molecule has 0 bridgehead atoms. The highest BCUT2D eigenvalue weighted by atomic mass is 16.5. The van der Waals surface area contributed by atoms with Crippen molar-refractivity contribution in [3.8, 4) is 28.5 Å². The highest BCUT2D eigenvalue weighted by Gasteiger charge is 2.51. The van der Waals surface area contributed by atoms with Crippen molar-refractivity contribution in [2.24, 2.45) is 5.92 Å². The van der Waals surface area contributed by atoms with Gasteiger partial charge in [0.05, 0.1) is 24.5 Å². The SMILES string of the molecule is COc1ccc(Oc2ccc(-c3nn(C4CCN(C5CN(C6CN(C7=CC=C8C(=O)N(C9CCC(=O)NC9=O)C(=O)C8C7)C6)C5)CC4)c4ncnc(N)c34)cc2)cc1. The number of anilines is 1. The van der Waals surface area contributed by atoms with Gasteiger partial charge < -0.3 is 20.1 Å². The molecule has 2 aromatic carbocycles. The van der Waals surface area contributed by atoms with E-state index in [0.29, 0.717) is 41.4 Å². The molecular formula is C42H44N10O6. The maximum atomic E-state index is 13.4. The fraction of sp³-hybridized carbons (Fsp3) is 0.405. The number of methoxy groups -OCH3 is 1. The van der Waals surface area contributed by atoms with E-state index in [1.807, 2.05) is 54.6 Å². The first-order chi connectivity index (χ1) is 28.2. The maximum Gasteiger partial charge on any atom is 0.257 e. The zero-order chi connectivity index (χ0) is 39.7. The minimum Gasteiger partial charge on any atom is -0.497 e. The number of amides is 4. The Morgan fingerprint density at radius 3 is 2.19 bits per heavy atom. The number of rotatable bonds is 9. The van der Waals surface area contributed by atoms with Crippen molar-refractivity contribution in [1.29, 1.82) is 0 Å². The van der Waals surface area contributed by atoms with E-state index in [-0.39, 0.29) is 30.7 Å². The van der Waals surface area contributed by atoms with Crippen LogP contribution in [0.3, 0.4) is 0 Å². The number of nitrogen functional groups attached to an aromatic ring is 1. The summed E-state index contributed by atoms with van der Waals surface area (Å²) < 4.78 is 13.3. The van der Waals surface area contributed by atoms with Gasteiger partial charge in [0.15, 0.2) is 5.65 Å². The van der Waals surface area contributed by atoms with Crippen LogP contribution in [-0.4, -0.2) is 127 Å². The Hall–Kier alpha value is -6.13. The van der Waals surface area contributed by atoms with Crippen LogP contribution in [0.15, 0.2) is 78.3 Å². The van der Waals surface area contributed by atoms with Crippen LogP contribution < -0.4 is 20.5 Å². The number of nitrogens with two attached hydrogens (primary N) is 1. The number of hydrogen-bond donors (Lipinski definition) is 2. The number of likely N-dealkylation sites (tertiary alicyclic amines) is 4. The largest absolute Gasteiger partial charge is 0.497 e. The topological polar surface area (TPSA) is 181 Å². The van der Waals surface area contributed by atoms with Gasteiger partial charge in [-0.25, -0.2) is 14.6 Å². The number of imide groups is 2. The van der Waals surface area contributed by atoms with Gasteiger partial charge in [-0.1, -0.05) is 6.08 Å². The summed E-state index contributed by atoms with van der Waals surface area (Å²) in [5, 5.41) is 8.14. The first kappa shape index (κ1) is 36.2. The van der Waals surface area contributed by atoms with E-state index in [9.17, 15) is 19.2 Å². The van der Waals surface area contributed by atoms with Crippen LogP contribution in [0, 0.1) is 5.92 Å². The molecule has 2 atom stereocenters. The van der Waals surface area contributed by atoms with Gasteiger partial charge in [0, 0.05) is 81.0 Å². The molecule has 2 aromatic heterocycles. The standard InChI is InChI=1S/C42H44N10O6/c1-57-29-7-9-31(10-8-29)58-30-5-2-24(3-6-30)37-36-38(43)44-23-45-39(36)52(47-37)25-14-16-48(17-15-25)27-19-50(20-27)28-21-49(22-28)26-4-11-32-33(18-26)42(56)51(41(32)55)34-12-13-35(53)46-40(34)54/h2-11,23,25,27-28,33-34H,12-22H2,1H3,(H2,43,44,45)(H,46,53,54). The predicted molar refractivity (Wildman–Crippen MR) is 211 cm³/mol. The van der Waals surface area contributed by atoms with Gasteiger partial charge in [0.25, 0.3) is 5.91 Å². The molecule has 5 aliphatic heterocycles. The summed E-state index contributed by atoms with van der Waals surface area (Å²) in [5.74, 6) is 0.302. The highest BCUT2D eigenvalue weighted by Crippen LogP contribution is 2.40. The fourth-order valence-electron chi connectivity index (χ4n) is 9.34. The van der Waals surface area contributed by atoms with Crippen LogP contribution in [0.4, 0.5) is 5.82 Å². The zero-order valence-electron chi connectivity index (χ0n) is 32.1. The Morgan fingerprint density at radius 1 is 0.793 bits per heavy atom. The summed E-state index contributed by atoms with van der Waals surface area (Å²) in [5.41, 5.74) is 10.3. The number of carbonyl (C=O) groups excluding carboxylic acids is 4. The Labute approximate surface area is 334 Å². The summed E-state index contributed by atoms with van der Waals surface area (Å²) in [6, 6.07) is 15.5. The van der Waals surface area contributed by atoms with Crippen molar-refractivity contribution in [2.45, 2.75) is 56.3 Å². The summed E-state index contributed by atoms with van der Waals surface area (Å²) >= 11 is 0. The summed E-state index contributed by atoms with van der Waals surface area (Å²) in [4.78, 5) is 68.1. The lowest BCUT2D eigenvalue weighted by atomic mass is 9.89. The van der Waals surface area contributed by atoms with Gasteiger partial charge in [-0.15, -0.1) is 0 Å². The molecule has 0 saturated carbocycles. The number of piperidine rings is 2. The summed E-state index contributed by atoms with van der Waals surface area (Å²) in [6.07, 6.45) is 7.84. The van der Waals surface area contributed by atoms with E-state index in [1.165, 1.54) is 6.33 Å². The van der Waals surface area contributed by atoms with Gasteiger partial charge in [0.2, 0.25) is 17.7 Å². The number of fused-ring (bicyclic) bond motifs is 2. The Balaban J connectivity index is 0.722. The molecule has 1 aliphatic carbocycles. The van der Waals surface area contributed by atoms with Crippen LogP contribution in [0.2, 0.25) is 0 Å². The number of nitrogens with one attached hydrogen (secondary N) is 1. The molecule has 4 amide bonds. The monoisotopic (exact) mass is 784 g/mol. The third kappa shape index (κ3) is 6.27. The highest BCUT2D eigenvalue weighted by molar-refractivity contribution is 6.18. The van der Waals surface area contributed by atoms with E-state index in [2.05, 4.69) is 34.7 Å². The lowest BCUT2D eigenvalue weighted by Gasteiger charge is -2.56.